The van der Waals surface area contributed by atoms with Crippen LogP contribution in [0.4, 0.5) is 4.39 Å². The van der Waals surface area contributed by atoms with Crippen LogP contribution in [0.1, 0.15) is 23.1 Å². The number of carbonyl (C=O) groups is 1. The van der Waals surface area contributed by atoms with Gasteiger partial charge < -0.3 is 9.47 Å². The van der Waals surface area contributed by atoms with Gasteiger partial charge in [-0.2, -0.15) is 0 Å². The largest absolute Gasteiger partial charge is 0.494 e. The van der Waals surface area contributed by atoms with Crippen molar-refractivity contribution in [3.63, 3.8) is 0 Å². The summed E-state index contributed by atoms with van der Waals surface area (Å²) >= 11 is 1.28. The van der Waals surface area contributed by atoms with Gasteiger partial charge in [0.25, 0.3) is 0 Å². The third-order valence-electron chi connectivity index (χ3n) is 4.73. The molecule has 0 atom stereocenters. The van der Waals surface area contributed by atoms with Gasteiger partial charge >= 0.3 is 0 Å². The zero-order valence-electron chi connectivity index (χ0n) is 18.0. The molecule has 0 aliphatic carbocycles. The number of halogens is 1. The van der Waals surface area contributed by atoms with E-state index < -0.39 is 5.82 Å². The molecule has 33 heavy (non-hydrogen) atoms. The van der Waals surface area contributed by atoms with Crippen molar-refractivity contribution in [3.05, 3.63) is 96.1 Å². The number of carbonyl (C=O) groups excluding carboxylic acids is 1. The van der Waals surface area contributed by atoms with Crippen LogP contribution in [0.5, 0.6) is 11.5 Å². The maximum Gasteiger partial charge on any atom is 0.196 e. The van der Waals surface area contributed by atoms with Crippen molar-refractivity contribution in [2.24, 2.45) is 0 Å². The molecule has 0 aliphatic rings. The fraction of sp³-hybridized carbons (Fsp3) is 0.160. The van der Waals surface area contributed by atoms with Gasteiger partial charge in [-0.05, 0) is 55.5 Å². The van der Waals surface area contributed by atoms with Crippen LogP contribution in [0.25, 0.3) is 5.69 Å². The second kappa shape index (κ2) is 10.8. The molecule has 0 N–H and O–H groups in total. The Morgan fingerprint density at radius 1 is 0.939 bits per heavy atom. The minimum Gasteiger partial charge on any atom is -0.494 e. The molecule has 4 rings (SSSR count). The quantitative estimate of drug-likeness (QED) is 0.233. The Bertz CT molecular complexity index is 1210. The number of nitrogens with zero attached hydrogens (tertiary/aromatic N) is 3. The average molecular weight is 464 g/mol. The number of ketones is 1. The Morgan fingerprint density at radius 3 is 2.39 bits per heavy atom. The van der Waals surface area contributed by atoms with Crippen molar-refractivity contribution < 1.29 is 18.7 Å². The number of aromatic nitrogens is 3. The van der Waals surface area contributed by atoms with Crippen LogP contribution in [0.3, 0.4) is 0 Å². The Kier molecular flexibility index (Phi) is 7.36. The van der Waals surface area contributed by atoms with E-state index in [-0.39, 0.29) is 23.9 Å². The lowest BCUT2D eigenvalue weighted by Crippen LogP contribution is -2.08. The topological polar surface area (TPSA) is 66.2 Å². The first-order valence-corrected chi connectivity index (χ1v) is 11.4. The first-order valence-electron chi connectivity index (χ1n) is 10.4. The monoisotopic (exact) mass is 463 g/mol. The highest BCUT2D eigenvalue weighted by Crippen LogP contribution is 2.25. The third kappa shape index (κ3) is 5.59. The van der Waals surface area contributed by atoms with E-state index in [0.717, 1.165) is 11.4 Å². The van der Waals surface area contributed by atoms with Crippen molar-refractivity contribution >= 4 is 17.5 Å². The molecule has 168 valence electrons. The highest BCUT2D eigenvalue weighted by molar-refractivity contribution is 7.99. The van der Waals surface area contributed by atoms with E-state index in [9.17, 15) is 9.18 Å². The molecule has 0 amide bonds. The second-order valence-electron chi connectivity index (χ2n) is 6.96. The first kappa shape index (κ1) is 22.5. The highest BCUT2D eigenvalue weighted by Gasteiger charge is 2.17. The molecule has 8 heteroatoms. The van der Waals surface area contributed by atoms with Gasteiger partial charge in [0.15, 0.2) is 28.3 Å². The van der Waals surface area contributed by atoms with E-state index in [1.807, 2.05) is 41.8 Å². The summed E-state index contributed by atoms with van der Waals surface area (Å²) in [4.78, 5) is 12.7. The summed E-state index contributed by atoms with van der Waals surface area (Å²) in [7, 11) is 0. The molecule has 0 bridgehead atoms. The minimum atomic E-state index is -0.446. The molecule has 1 aromatic heterocycles. The summed E-state index contributed by atoms with van der Waals surface area (Å²) < 4.78 is 26.8. The van der Waals surface area contributed by atoms with Crippen LogP contribution in [-0.4, -0.2) is 32.9 Å². The maximum absolute atomic E-state index is 13.9. The zero-order chi connectivity index (χ0) is 23.0. The molecule has 0 unspecified atom stereocenters. The van der Waals surface area contributed by atoms with Crippen LogP contribution in [0, 0.1) is 5.82 Å². The third-order valence-corrected chi connectivity index (χ3v) is 5.66. The van der Waals surface area contributed by atoms with Gasteiger partial charge in [-0.1, -0.05) is 42.1 Å². The van der Waals surface area contributed by atoms with Crippen molar-refractivity contribution in [1.29, 1.82) is 0 Å². The molecule has 4 aromatic rings. The molecule has 0 aliphatic heterocycles. The predicted molar refractivity (Wildman–Crippen MR) is 125 cm³/mol. The van der Waals surface area contributed by atoms with Crippen LogP contribution in [0.2, 0.25) is 0 Å². The van der Waals surface area contributed by atoms with Crippen molar-refractivity contribution in [2.45, 2.75) is 18.7 Å². The summed E-state index contributed by atoms with van der Waals surface area (Å²) in [6.07, 6.45) is 0. The lowest BCUT2D eigenvalue weighted by molar-refractivity contribution is 0.102. The summed E-state index contributed by atoms with van der Waals surface area (Å²) in [5, 5.41) is 9.05. The van der Waals surface area contributed by atoms with E-state index in [2.05, 4.69) is 10.2 Å². The molecular weight excluding hydrogens is 441 g/mol. The fourth-order valence-corrected chi connectivity index (χ4v) is 4.01. The predicted octanol–water partition coefficient (Wildman–Crippen LogP) is 5.36. The number of para-hydroxylation sites is 2. The second-order valence-corrected chi connectivity index (χ2v) is 7.90. The number of hydrogen-bond donors (Lipinski definition) is 0. The van der Waals surface area contributed by atoms with Gasteiger partial charge in [0, 0.05) is 11.3 Å². The summed E-state index contributed by atoms with van der Waals surface area (Å²) in [6, 6.07) is 22.8. The van der Waals surface area contributed by atoms with Crippen LogP contribution in [-0.2, 0) is 6.61 Å². The van der Waals surface area contributed by atoms with Crippen LogP contribution in [0.15, 0.2) is 84.0 Å². The Balaban J connectivity index is 1.51. The summed E-state index contributed by atoms with van der Waals surface area (Å²) in [5.74, 6) is 1.08. The van der Waals surface area contributed by atoms with Crippen molar-refractivity contribution in [3.8, 4) is 17.2 Å². The molecule has 0 radical (unpaired) electrons. The van der Waals surface area contributed by atoms with Gasteiger partial charge in [0.1, 0.15) is 12.4 Å². The molecule has 1 heterocycles. The maximum atomic E-state index is 13.9. The van der Waals surface area contributed by atoms with Gasteiger partial charge in [0.05, 0.1) is 12.4 Å². The Morgan fingerprint density at radius 2 is 1.67 bits per heavy atom. The van der Waals surface area contributed by atoms with Crippen molar-refractivity contribution in [1.82, 2.24) is 14.8 Å². The zero-order valence-corrected chi connectivity index (χ0v) is 18.8. The standard InChI is InChI=1S/C25H22FN3O3S/c1-2-31-20-14-12-18(13-15-20)22(30)17-33-25-28-27-24(29(25)19-8-4-3-5-9-19)16-32-23-11-7-6-10-21(23)26/h3-15H,2,16-17H2,1H3. The minimum absolute atomic E-state index is 0.0240. The average Bonchev–Trinajstić information content (AvgIpc) is 3.26. The number of Topliss-reactive ketones (excluding diaryl/α,β-unsaturated/α-hetero) is 1. The smallest absolute Gasteiger partial charge is 0.196 e. The Labute approximate surface area is 195 Å². The molecule has 0 spiro atoms. The van der Waals surface area contributed by atoms with Gasteiger partial charge in [-0.15, -0.1) is 10.2 Å². The molecule has 0 fully saturated rings. The lowest BCUT2D eigenvalue weighted by atomic mass is 10.1. The van der Waals surface area contributed by atoms with E-state index in [0.29, 0.717) is 23.2 Å². The molecule has 0 saturated heterocycles. The number of rotatable bonds is 10. The van der Waals surface area contributed by atoms with Gasteiger partial charge in [0.2, 0.25) is 0 Å². The number of ether oxygens (including phenoxy) is 2. The molecule has 0 saturated carbocycles. The Hall–Kier alpha value is -3.65. The number of benzene rings is 3. The number of thioether (sulfide) groups is 1. The fourth-order valence-electron chi connectivity index (χ4n) is 3.14. The highest BCUT2D eigenvalue weighted by atomic mass is 32.2. The van der Waals surface area contributed by atoms with E-state index in [1.54, 1.807) is 42.5 Å². The SMILES string of the molecule is CCOc1ccc(C(=O)CSc2nnc(COc3ccccc3F)n2-c2ccccc2)cc1. The number of hydrogen-bond acceptors (Lipinski definition) is 6. The van der Waals surface area contributed by atoms with E-state index >= 15 is 0 Å². The first-order chi connectivity index (χ1) is 16.2. The molecule has 3 aromatic carbocycles. The summed E-state index contributed by atoms with van der Waals surface area (Å²) in [5.41, 5.74) is 1.42. The van der Waals surface area contributed by atoms with E-state index in [4.69, 9.17) is 9.47 Å². The van der Waals surface area contributed by atoms with Gasteiger partial charge in [-0.25, -0.2) is 4.39 Å². The van der Waals surface area contributed by atoms with Gasteiger partial charge in [-0.3, -0.25) is 9.36 Å². The molecule has 6 nitrogen and oxygen atoms in total. The summed E-state index contributed by atoms with van der Waals surface area (Å²) in [6.45, 7) is 2.51. The van der Waals surface area contributed by atoms with E-state index in [1.165, 1.54) is 17.8 Å². The van der Waals surface area contributed by atoms with Crippen LogP contribution >= 0.6 is 11.8 Å². The molecular formula is C25H22FN3O3S. The van der Waals surface area contributed by atoms with Crippen molar-refractivity contribution in [2.75, 3.05) is 12.4 Å². The lowest BCUT2D eigenvalue weighted by Gasteiger charge is -2.11. The normalized spacial score (nSPS) is 10.7. The van der Waals surface area contributed by atoms with Crippen LogP contribution < -0.4 is 9.47 Å².